The van der Waals surface area contributed by atoms with E-state index in [-0.39, 0.29) is 22.8 Å². The van der Waals surface area contributed by atoms with Gasteiger partial charge in [-0.1, -0.05) is 12.1 Å². The Morgan fingerprint density at radius 3 is 2.65 bits per heavy atom. The molecule has 2 aromatic carbocycles. The number of hydrogen-bond acceptors (Lipinski definition) is 6. The summed E-state index contributed by atoms with van der Waals surface area (Å²) in [6.45, 7) is 3.77. The van der Waals surface area contributed by atoms with Crippen LogP contribution in [0.3, 0.4) is 0 Å². The van der Waals surface area contributed by atoms with Gasteiger partial charge in [0.25, 0.3) is 11.6 Å². The fourth-order valence-electron chi connectivity index (χ4n) is 2.92. The monoisotopic (exact) mass is 417 g/mol. The molecule has 1 aromatic heterocycles. The molecule has 1 heterocycles. The molecular weight excluding hydrogens is 398 g/mol. The maximum atomic E-state index is 12.6. The Morgan fingerprint density at radius 2 is 1.97 bits per heavy atom. The SMILES string of the molecule is COc1cc([N+](=O)[O-])ccc1-c1ccc(/C=C(\C#N)C(=O)Nc2cc(C)ccc2C)o1. The maximum Gasteiger partial charge on any atom is 0.273 e. The Kier molecular flexibility index (Phi) is 6.17. The first-order valence-electron chi connectivity index (χ1n) is 9.25. The van der Waals surface area contributed by atoms with Crippen molar-refractivity contribution in [2.45, 2.75) is 13.8 Å². The summed E-state index contributed by atoms with van der Waals surface area (Å²) in [6, 6.07) is 14.9. The molecule has 0 saturated heterocycles. The highest BCUT2D eigenvalue weighted by atomic mass is 16.6. The molecule has 0 unspecified atom stereocenters. The number of anilines is 1. The molecule has 31 heavy (non-hydrogen) atoms. The van der Waals surface area contributed by atoms with Crippen LogP contribution in [0.2, 0.25) is 0 Å². The lowest BCUT2D eigenvalue weighted by Gasteiger charge is -2.08. The highest BCUT2D eigenvalue weighted by Crippen LogP contribution is 2.34. The molecule has 0 atom stereocenters. The van der Waals surface area contributed by atoms with Crippen molar-refractivity contribution in [2.24, 2.45) is 0 Å². The molecule has 3 aromatic rings. The fourth-order valence-corrected chi connectivity index (χ4v) is 2.92. The topological polar surface area (TPSA) is 118 Å². The van der Waals surface area contributed by atoms with Crippen LogP contribution in [0, 0.1) is 35.3 Å². The van der Waals surface area contributed by atoms with Gasteiger partial charge in [0, 0.05) is 17.8 Å². The Balaban J connectivity index is 1.87. The molecule has 1 N–H and O–H groups in total. The van der Waals surface area contributed by atoms with Crippen LogP contribution in [0.1, 0.15) is 16.9 Å². The predicted octanol–water partition coefficient (Wildman–Crippen LogP) is 5.03. The van der Waals surface area contributed by atoms with Gasteiger partial charge in [0.1, 0.15) is 28.9 Å². The summed E-state index contributed by atoms with van der Waals surface area (Å²) in [5, 5.41) is 23.1. The molecule has 3 rings (SSSR count). The number of nitriles is 1. The second-order valence-corrected chi connectivity index (χ2v) is 6.79. The van der Waals surface area contributed by atoms with Crippen LogP contribution >= 0.6 is 0 Å². The van der Waals surface area contributed by atoms with E-state index in [9.17, 15) is 20.2 Å². The molecule has 0 radical (unpaired) electrons. The molecule has 1 amide bonds. The minimum atomic E-state index is -0.554. The van der Waals surface area contributed by atoms with E-state index >= 15 is 0 Å². The van der Waals surface area contributed by atoms with Gasteiger partial charge in [-0.25, -0.2) is 0 Å². The number of carbonyl (C=O) groups is 1. The number of benzene rings is 2. The molecule has 156 valence electrons. The van der Waals surface area contributed by atoms with E-state index in [1.165, 1.54) is 31.4 Å². The van der Waals surface area contributed by atoms with Gasteiger partial charge < -0.3 is 14.5 Å². The number of hydrogen-bond donors (Lipinski definition) is 1. The number of aryl methyl sites for hydroxylation is 2. The number of nitrogens with zero attached hydrogens (tertiary/aromatic N) is 2. The van der Waals surface area contributed by atoms with Crippen molar-refractivity contribution < 1.29 is 18.9 Å². The van der Waals surface area contributed by atoms with Crippen molar-refractivity contribution in [1.29, 1.82) is 5.26 Å². The Morgan fingerprint density at radius 1 is 1.19 bits per heavy atom. The standard InChI is InChI=1S/C23H19N3O5/c1-14-4-5-15(2)20(10-14)25-23(27)16(13-24)11-18-7-9-21(31-18)19-8-6-17(26(28)29)12-22(19)30-3/h4-12H,1-3H3,(H,25,27)/b16-11+. The molecule has 0 aliphatic carbocycles. The summed E-state index contributed by atoms with van der Waals surface area (Å²) in [4.78, 5) is 23.0. The van der Waals surface area contributed by atoms with E-state index in [0.717, 1.165) is 11.1 Å². The summed E-state index contributed by atoms with van der Waals surface area (Å²) < 4.78 is 11.0. The van der Waals surface area contributed by atoms with E-state index in [2.05, 4.69) is 5.32 Å². The quantitative estimate of drug-likeness (QED) is 0.260. The van der Waals surface area contributed by atoms with E-state index in [0.29, 0.717) is 17.0 Å². The minimum absolute atomic E-state index is 0.109. The number of nitro benzene ring substituents is 1. The molecule has 0 saturated carbocycles. The summed E-state index contributed by atoms with van der Waals surface area (Å²) in [5.74, 6) is 0.377. The Labute approximate surface area is 178 Å². The molecule has 8 heteroatoms. The summed E-state index contributed by atoms with van der Waals surface area (Å²) >= 11 is 0. The van der Waals surface area contributed by atoms with Crippen LogP contribution < -0.4 is 10.1 Å². The number of non-ortho nitro benzene ring substituents is 1. The van der Waals surface area contributed by atoms with Crippen molar-refractivity contribution >= 4 is 23.4 Å². The van der Waals surface area contributed by atoms with Crippen molar-refractivity contribution in [3.8, 4) is 23.1 Å². The van der Waals surface area contributed by atoms with Gasteiger partial charge in [0.2, 0.25) is 0 Å². The number of carbonyl (C=O) groups excluding carboxylic acids is 1. The van der Waals surface area contributed by atoms with Crippen LogP contribution in [-0.2, 0) is 4.79 Å². The number of furan rings is 1. The van der Waals surface area contributed by atoms with Crippen LogP contribution in [0.15, 0.2) is 58.5 Å². The summed E-state index contributed by atoms with van der Waals surface area (Å²) in [7, 11) is 1.40. The second kappa shape index (κ2) is 8.97. The average Bonchev–Trinajstić information content (AvgIpc) is 3.22. The predicted molar refractivity (Wildman–Crippen MR) is 115 cm³/mol. The smallest absolute Gasteiger partial charge is 0.273 e. The average molecular weight is 417 g/mol. The first-order chi connectivity index (χ1) is 14.8. The van der Waals surface area contributed by atoms with Gasteiger partial charge in [-0.15, -0.1) is 0 Å². The van der Waals surface area contributed by atoms with Crippen LogP contribution in [0.4, 0.5) is 11.4 Å². The van der Waals surface area contributed by atoms with Gasteiger partial charge in [-0.2, -0.15) is 5.26 Å². The minimum Gasteiger partial charge on any atom is -0.496 e. The summed E-state index contributed by atoms with van der Waals surface area (Å²) in [5.41, 5.74) is 2.76. The lowest BCUT2D eigenvalue weighted by molar-refractivity contribution is -0.384. The third kappa shape index (κ3) is 4.79. The molecule has 0 spiro atoms. The third-order valence-electron chi connectivity index (χ3n) is 4.58. The highest BCUT2D eigenvalue weighted by Gasteiger charge is 2.16. The highest BCUT2D eigenvalue weighted by molar-refractivity contribution is 6.09. The van der Waals surface area contributed by atoms with E-state index < -0.39 is 10.8 Å². The van der Waals surface area contributed by atoms with Crippen LogP contribution in [0.25, 0.3) is 17.4 Å². The second-order valence-electron chi connectivity index (χ2n) is 6.79. The first-order valence-corrected chi connectivity index (χ1v) is 9.25. The molecule has 8 nitrogen and oxygen atoms in total. The lowest BCUT2D eigenvalue weighted by atomic mass is 10.1. The van der Waals surface area contributed by atoms with Gasteiger partial charge >= 0.3 is 0 Å². The largest absolute Gasteiger partial charge is 0.496 e. The van der Waals surface area contributed by atoms with Crippen molar-refractivity contribution in [3.05, 3.63) is 81.1 Å². The zero-order valence-electron chi connectivity index (χ0n) is 17.1. The van der Waals surface area contributed by atoms with Crippen molar-refractivity contribution in [2.75, 3.05) is 12.4 Å². The van der Waals surface area contributed by atoms with Crippen LogP contribution in [0.5, 0.6) is 5.75 Å². The van der Waals surface area contributed by atoms with Gasteiger partial charge in [-0.3, -0.25) is 14.9 Å². The molecule has 0 aliphatic rings. The van der Waals surface area contributed by atoms with Crippen molar-refractivity contribution in [1.82, 2.24) is 0 Å². The number of methoxy groups -OCH3 is 1. The number of nitro groups is 1. The van der Waals surface area contributed by atoms with E-state index in [1.54, 1.807) is 12.1 Å². The first kappa shape index (κ1) is 21.3. The normalized spacial score (nSPS) is 11.0. The van der Waals surface area contributed by atoms with E-state index in [1.807, 2.05) is 38.1 Å². The lowest BCUT2D eigenvalue weighted by Crippen LogP contribution is -2.14. The van der Waals surface area contributed by atoms with E-state index in [4.69, 9.17) is 9.15 Å². The van der Waals surface area contributed by atoms with Gasteiger partial charge in [0.15, 0.2) is 0 Å². The van der Waals surface area contributed by atoms with Gasteiger partial charge in [-0.05, 0) is 49.2 Å². The van der Waals surface area contributed by atoms with Crippen molar-refractivity contribution in [3.63, 3.8) is 0 Å². The number of nitrogens with one attached hydrogen (secondary N) is 1. The molecule has 0 fully saturated rings. The van der Waals surface area contributed by atoms with Gasteiger partial charge in [0.05, 0.1) is 23.7 Å². The van der Waals surface area contributed by atoms with Crippen LogP contribution in [-0.4, -0.2) is 17.9 Å². The zero-order chi connectivity index (χ0) is 22.5. The zero-order valence-corrected chi connectivity index (χ0v) is 17.1. The molecule has 0 bridgehead atoms. The number of ether oxygens (including phenoxy) is 1. The Hall–Kier alpha value is -4.38. The number of rotatable bonds is 6. The summed E-state index contributed by atoms with van der Waals surface area (Å²) in [6.07, 6.45) is 1.34. The Bertz CT molecular complexity index is 1230. The maximum absolute atomic E-state index is 12.6. The third-order valence-corrected chi connectivity index (χ3v) is 4.58. The molecule has 0 aliphatic heterocycles. The number of amides is 1. The fraction of sp³-hybridized carbons (Fsp3) is 0.130. The molecular formula is C23H19N3O5.